The van der Waals surface area contributed by atoms with Gasteiger partial charge >= 0.3 is 67.8 Å². The van der Waals surface area contributed by atoms with Crippen molar-refractivity contribution in [1.82, 2.24) is 0 Å². The van der Waals surface area contributed by atoms with E-state index in [4.69, 9.17) is 34.3 Å². The average molecular weight is 378 g/mol. The molecule has 21 heavy (non-hydrogen) atoms. The van der Waals surface area contributed by atoms with Gasteiger partial charge < -0.3 is 0 Å². The minimum atomic E-state index is 0. The molecule has 0 aromatic heterocycles. The minimum Gasteiger partial charge on any atom is 0 e. The van der Waals surface area contributed by atoms with Crippen LogP contribution in [0, 0.1) is 52.2 Å². The third-order valence-electron chi connectivity index (χ3n) is 1.23. The van der Waals surface area contributed by atoms with E-state index in [1.807, 2.05) is 0 Å². The molecule has 0 atom stereocenters. The van der Waals surface area contributed by atoms with E-state index in [0.717, 1.165) is 6.42 Å². The van der Waals surface area contributed by atoms with E-state index >= 15 is 0 Å². The first-order valence-corrected chi connectivity index (χ1v) is 3.81. The second kappa shape index (κ2) is 130. The van der Waals surface area contributed by atoms with Crippen molar-refractivity contribution in [3.8, 4) is 12.3 Å². The van der Waals surface area contributed by atoms with Crippen molar-refractivity contribution < 1.29 is 61.5 Å². The van der Waals surface area contributed by atoms with Crippen molar-refractivity contribution in [3.63, 3.8) is 0 Å². The molecule has 0 fully saturated rings. The van der Waals surface area contributed by atoms with Gasteiger partial charge in [-0.3, -0.25) is 0 Å². The summed E-state index contributed by atoms with van der Waals surface area (Å²) >= 11 is 0. The number of rotatable bonds is 0. The molecular formula is C13H8Co2O6. The molecule has 0 saturated carbocycles. The van der Waals surface area contributed by atoms with Crippen LogP contribution in [-0.2, 0) is 61.5 Å². The predicted octanol–water partition coefficient (Wildman–Crippen LogP) is 1.50. The smallest absolute Gasteiger partial charge is 0 e. The van der Waals surface area contributed by atoms with Crippen LogP contribution in [0.1, 0.15) is 19.3 Å². The maximum Gasteiger partial charge on any atom is 0 e. The van der Waals surface area contributed by atoms with Crippen molar-refractivity contribution in [3.05, 3.63) is 51.6 Å². The first kappa shape index (κ1) is 50.3. The molecule has 0 aromatic carbocycles. The molecular weight excluding hydrogens is 370 g/mol. The van der Waals surface area contributed by atoms with Crippen LogP contribution in [0.25, 0.3) is 0 Å². The second-order valence-corrected chi connectivity index (χ2v) is 1.77. The van der Waals surface area contributed by atoms with E-state index in [9.17, 15) is 0 Å². The molecule has 0 N–H and O–H groups in total. The van der Waals surface area contributed by atoms with Gasteiger partial charge in [-0.15, -0.1) is 6.42 Å². The molecule has 114 valence electrons. The van der Waals surface area contributed by atoms with Gasteiger partial charge in [-0.1, -0.05) is 12.0 Å². The zero-order valence-corrected chi connectivity index (χ0v) is 12.5. The van der Waals surface area contributed by atoms with Crippen molar-refractivity contribution >= 4 is 0 Å². The zero-order chi connectivity index (χ0) is 17.1. The van der Waals surface area contributed by atoms with E-state index in [1.54, 1.807) is 0 Å². The van der Waals surface area contributed by atoms with Crippen LogP contribution in [-0.4, -0.2) is 0 Å². The van der Waals surface area contributed by atoms with Crippen LogP contribution in [0.3, 0.4) is 0 Å². The molecule has 1 aliphatic carbocycles. The summed E-state index contributed by atoms with van der Waals surface area (Å²) in [5.41, 5.74) is 1.19. The van der Waals surface area contributed by atoms with E-state index in [1.165, 1.54) is 18.4 Å². The first-order valence-electron chi connectivity index (χ1n) is 3.81. The Balaban J connectivity index is -0.0000000177. The molecule has 0 bridgehead atoms. The average Bonchev–Trinajstić information content (AvgIpc) is 3.12. The van der Waals surface area contributed by atoms with Crippen molar-refractivity contribution in [1.29, 1.82) is 0 Å². The molecule has 2 radical (unpaired) electrons. The van der Waals surface area contributed by atoms with E-state index in [0.29, 0.717) is 0 Å². The fraction of sp³-hybridized carbons (Fsp3) is 0.231. The van der Waals surface area contributed by atoms with Crippen LogP contribution in [0.4, 0.5) is 0 Å². The van der Waals surface area contributed by atoms with Crippen LogP contribution in [0.2, 0.25) is 0 Å². The van der Waals surface area contributed by atoms with Gasteiger partial charge in [0.2, 0.25) is 0 Å². The fourth-order valence-corrected chi connectivity index (χ4v) is 0.802. The number of terminal acetylenes is 1. The molecule has 0 unspecified atom stereocenters. The largest absolute Gasteiger partial charge is 0 e. The third-order valence-corrected chi connectivity index (χ3v) is 1.23. The SMILES string of the molecule is C#CC1=CCCC1.[C-]#[O+].[C-]#[O+].[C-]#[O+].[C-]#[O+].[C-]#[O+].[C-]#[O+].[Co].[Co]. The van der Waals surface area contributed by atoms with Crippen molar-refractivity contribution in [2.24, 2.45) is 0 Å². The van der Waals surface area contributed by atoms with Crippen LogP contribution in [0.5, 0.6) is 0 Å². The van der Waals surface area contributed by atoms with Gasteiger partial charge in [-0.25, -0.2) is 0 Å². The maximum atomic E-state index is 7.50. The summed E-state index contributed by atoms with van der Waals surface area (Å²) in [6, 6.07) is 0. The predicted molar refractivity (Wildman–Crippen MR) is 54.3 cm³/mol. The fourth-order valence-electron chi connectivity index (χ4n) is 0.802. The van der Waals surface area contributed by atoms with Gasteiger partial charge in [0.1, 0.15) is 0 Å². The van der Waals surface area contributed by atoms with Gasteiger partial charge in [0.15, 0.2) is 0 Å². The molecule has 0 saturated heterocycles. The van der Waals surface area contributed by atoms with Crippen molar-refractivity contribution in [2.45, 2.75) is 19.3 Å². The van der Waals surface area contributed by atoms with Gasteiger partial charge in [-0.05, 0) is 24.8 Å². The second-order valence-electron chi connectivity index (χ2n) is 1.77. The van der Waals surface area contributed by atoms with Gasteiger partial charge in [-0.2, -0.15) is 0 Å². The molecule has 0 aromatic rings. The molecule has 0 aliphatic heterocycles. The molecule has 8 heteroatoms. The molecule has 6 nitrogen and oxygen atoms in total. The maximum absolute atomic E-state index is 7.50. The summed E-state index contributed by atoms with van der Waals surface area (Å²) < 4.78 is 45.0. The Labute approximate surface area is 144 Å². The Bertz CT molecular complexity index is 295. The monoisotopic (exact) mass is 378 g/mol. The standard InChI is InChI=1S/C7H8.6CO.2Co/c1-2-7-5-3-4-6-7;6*1-2;;/h1,5H,3-4,6H2;;;;;;;;. The van der Waals surface area contributed by atoms with Gasteiger partial charge in [0.05, 0.1) is 0 Å². The normalized spacial score (nSPS) is 6.71. The van der Waals surface area contributed by atoms with E-state index in [-0.39, 0.29) is 33.6 Å². The van der Waals surface area contributed by atoms with Crippen molar-refractivity contribution in [2.75, 3.05) is 0 Å². The van der Waals surface area contributed by atoms with E-state index < -0.39 is 0 Å². The summed E-state index contributed by atoms with van der Waals surface area (Å²) in [4.78, 5) is 0. The summed E-state index contributed by atoms with van der Waals surface area (Å²) in [7, 11) is 0. The van der Waals surface area contributed by atoms with Crippen LogP contribution >= 0.6 is 0 Å². The Morgan fingerprint density at radius 2 is 1.05 bits per heavy atom. The summed E-state index contributed by atoms with van der Waals surface area (Å²) in [5, 5.41) is 0. The van der Waals surface area contributed by atoms with Crippen LogP contribution in [0.15, 0.2) is 11.6 Å². The van der Waals surface area contributed by atoms with Gasteiger partial charge in [0, 0.05) is 33.6 Å². The summed E-state index contributed by atoms with van der Waals surface area (Å²) in [6.45, 7) is 27.0. The molecule has 1 rings (SSSR count). The molecule has 0 heterocycles. The number of hydrogen-bond donors (Lipinski definition) is 0. The third kappa shape index (κ3) is 87.6. The van der Waals surface area contributed by atoms with E-state index in [2.05, 4.69) is 51.9 Å². The quantitative estimate of drug-likeness (QED) is 0.345. The Morgan fingerprint density at radius 3 is 1.14 bits per heavy atom. The van der Waals surface area contributed by atoms with Crippen LogP contribution < -0.4 is 0 Å². The minimum absolute atomic E-state index is 0. The summed E-state index contributed by atoms with van der Waals surface area (Å²) in [5.74, 6) is 2.62. The first-order chi connectivity index (χ1) is 9.43. The Morgan fingerprint density at radius 1 is 0.762 bits per heavy atom. The zero-order valence-electron chi connectivity index (χ0n) is 10.4. The topological polar surface area (TPSA) is 119 Å². The molecule has 0 spiro atoms. The molecule has 0 amide bonds. The Kier molecular flexibility index (Phi) is 310. The number of allylic oxidation sites excluding steroid dienone is 2. The molecule has 1 aliphatic rings. The number of hydrogen-bond acceptors (Lipinski definition) is 0. The van der Waals surface area contributed by atoms with Gasteiger partial charge in [0.25, 0.3) is 0 Å². The summed E-state index contributed by atoms with van der Waals surface area (Å²) in [6.07, 6.45) is 10.8. The Hall–Kier alpha value is -1.25.